The minimum Gasteiger partial charge on any atom is -0.375 e. The van der Waals surface area contributed by atoms with Gasteiger partial charge >= 0.3 is 0 Å². The lowest BCUT2D eigenvalue weighted by Gasteiger charge is -2.11. The topological polar surface area (TPSA) is 61.4 Å². The van der Waals surface area contributed by atoms with Gasteiger partial charge < -0.3 is 15.5 Å². The maximum atomic E-state index is 12.1. The molecule has 26 heavy (non-hydrogen) atoms. The van der Waals surface area contributed by atoms with Gasteiger partial charge in [0, 0.05) is 31.2 Å². The number of anilines is 2. The van der Waals surface area contributed by atoms with E-state index in [0.29, 0.717) is 34.3 Å². The third kappa shape index (κ3) is 6.24. The third-order valence-electron chi connectivity index (χ3n) is 3.71. The van der Waals surface area contributed by atoms with Crippen LogP contribution in [-0.2, 0) is 16.0 Å². The summed E-state index contributed by atoms with van der Waals surface area (Å²) in [5.74, 6) is -0.124. The second kappa shape index (κ2) is 9.46. The predicted octanol–water partition coefficient (Wildman–Crippen LogP) is 4.06. The van der Waals surface area contributed by atoms with Crippen LogP contribution in [0, 0.1) is 0 Å². The highest BCUT2D eigenvalue weighted by molar-refractivity contribution is 6.36. The van der Waals surface area contributed by atoms with Crippen molar-refractivity contribution in [3.63, 3.8) is 0 Å². The maximum Gasteiger partial charge on any atom is 0.243 e. The van der Waals surface area contributed by atoms with Gasteiger partial charge in [0.25, 0.3) is 0 Å². The summed E-state index contributed by atoms with van der Waals surface area (Å²) < 4.78 is 0. The predicted molar refractivity (Wildman–Crippen MR) is 107 cm³/mol. The van der Waals surface area contributed by atoms with Crippen molar-refractivity contribution in [1.82, 2.24) is 4.90 Å². The Kier molecular flexibility index (Phi) is 7.30. The summed E-state index contributed by atoms with van der Waals surface area (Å²) in [5.41, 5.74) is 2.32. The first-order valence-electron chi connectivity index (χ1n) is 8.13. The molecule has 0 saturated heterocycles. The molecule has 0 aliphatic carbocycles. The highest BCUT2D eigenvalue weighted by Crippen LogP contribution is 2.25. The number of nitrogens with one attached hydrogen (secondary N) is 2. The van der Waals surface area contributed by atoms with E-state index < -0.39 is 0 Å². The summed E-state index contributed by atoms with van der Waals surface area (Å²) in [6.07, 6.45) is 1.06. The van der Waals surface area contributed by atoms with Gasteiger partial charge in [0.1, 0.15) is 0 Å². The smallest absolute Gasteiger partial charge is 0.243 e. The van der Waals surface area contributed by atoms with E-state index in [1.807, 2.05) is 24.3 Å². The average molecular weight is 394 g/mol. The molecule has 0 aliphatic heterocycles. The van der Waals surface area contributed by atoms with E-state index in [1.54, 1.807) is 37.2 Å². The van der Waals surface area contributed by atoms with Crippen molar-refractivity contribution in [2.24, 2.45) is 0 Å². The van der Waals surface area contributed by atoms with E-state index in [0.717, 1.165) is 5.56 Å². The van der Waals surface area contributed by atoms with Gasteiger partial charge in [0.2, 0.25) is 11.8 Å². The van der Waals surface area contributed by atoms with Crippen molar-refractivity contribution in [2.75, 3.05) is 31.3 Å². The van der Waals surface area contributed by atoms with E-state index in [-0.39, 0.29) is 18.4 Å². The summed E-state index contributed by atoms with van der Waals surface area (Å²) in [7, 11) is 3.47. The van der Waals surface area contributed by atoms with Gasteiger partial charge in [-0.1, -0.05) is 35.3 Å². The molecule has 0 unspecified atom stereocenters. The molecule has 0 spiro atoms. The van der Waals surface area contributed by atoms with Crippen LogP contribution in [0.15, 0.2) is 42.5 Å². The molecule has 0 radical (unpaired) electrons. The number of rotatable bonds is 7. The molecule has 0 aromatic heterocycles. The number of carbonyl (C=O) groups excluding carboxylic acids is 2. The second-order valence-electron chi connectivity index (χ2n) is 6.01. The van der Waals surface area contributed by atoms with Crippen molar-refractivity contribution >= 4 is 46.4 Å². The van der Waals surface area contributed by atoms with Gasteiger partial charge in [-0.3, -0.25) is 9.59 Å². The zero-order chi connectivity index (χ0) is 19.1. The summed E-state index contributed by atoms with van der Waals surface area (Å²) >= 11 is 11.9. The molecule has 5 nitrogen and oxygen atoms in total. The van der Waals surface area contributed by atoms with Crippen LogP contribution in [0.3, 0.4) is 0 Å². The van der Waals surface area contributed by atoms with Gasteiger partial charge in [-0.25, -0.2) is 0 Å². The maximum absolute atomic E-state index is 12.1. The van der Waals surface area contributed by atoms with Crippen LogP contribution >= 0.6 is 23.2 Å². The van der Waals surface area contributed by atoms with E-state index in [2.05, 4.69) is 10.6 Å². The molecule has 7 heteroatoms. The number of hydrogen-bond donors (Lipinski definition) is 2. The average Bonchev–Trinajstić information content (AvgIpc) is 2.59. The van der Waals surface area contributed by atoms with Crippen LogP contribution in [0.2, 0.25) is 10.0 Å². The van der Waals surface area contributed by atoms with E-state index >= 15 is 0 Å². The molecular formula is C19H21Cl2N3O2. The van der Waals surface area contributed by atoms with E-state index in [4.69, 9.17) is 23.2 Å². The van der Waals surface area contributed by atoms with Crippen molar-refractivity contribution in [3.05, 3.63) is 58.1 Å². The lowest BCUT2D eigenvalue weighted by molar-refractivity contribution is -0.128. The van der Waals surface area contributed by atoms with Crippen LogP contribution in [0.1, 0.15) is 12.0 Å². The Balaban J connectivity index is 1.88. The Morgan fingerprint density at radius 3 is 2.54 bits per heavy atom. The molecule has 2 aromatic carbocycles. The Hall–Kier alpha value is -2.24. The lowest BCUT2D eigenvalue weighted by Crippen LogP contribution is -2.22. The highest BCUT2D eigenvalue weighted by atomic mass is 35.5. The minimum atomic E-state index is -0.197. The second-order valence-corrected chi connectivity index (χ2v) is 6.86. The van der Waals surface area contributed by atoms with Crippen molar-refractivity contribution in [1.29, 1.82) is 0 Å². The van der Waals surface area contributed by atoms with Crippen molar-refractivity contribution in [3.8, 4) is 0 Å². The summed E-state index contributed by atoms with van der Waals surface area (Å²) in [4.78, 5) is 25.4. The number of carbonyl (C=O) groups is 2. The first-order valence-corrected chi connectivity index (χ1v) is 8.88. The van der Waals surface area contributed by atoms with Crippen LogP contribution in [0.4, 0.5) is 11.4 Å². The number of aryl methyl sites for hydroxylation is 1. The zero-order valence-corrected chi connectivity index (χ0v) is 16.2. The summed E-state index contributed by atoms with van der Waals surface area (Å²) in [6.45, 7) is 0.0741. The standard InChI is InChI=1S/C19H21Cl2N3O2/c1-24(2)19(26)9-6-13-4-3-5-15(10-13)23-18(25)12-22-17-8-7-14(20)11-16(17)21/h3-5,7-8,10-11,22H,6,9,12H2,1-2H3,(H,23,25). The van der Waals surface area contributed by atoms with Crippen molar-refractivity contribution in [2.45, 2.75) is 12.8 Å². The summed E-state index contributed by atoms with van der Waals surface area (Å²) in [5, 5.41) is 6.80. The molecule has 2 N–H and O–H groups in total. The normalized spacial score (nSPS) is 10.3. The van der Waals surface area contributed by atoms with Crippen molar-refractivity contribution < 1.29 is 9.59 Å². The van der Waals surface area contributed by atoms with Gasteiger partial charge in [0.15, 0.2) is 0 Å². The van der Waals surface area contributed by atoms with Crippen LogP contribution in [-0.4, -0.2) is 37.4 Å². The first kappa shape index (κ1) is 20.1. The van der Waals surface area contributed by atoms with Crippen LogP contribution in [0.5, 0.6) is 0 Å². The summed E-state index contributed by atoms with van der Waals surface area (Å²) in [6, 6.07) is 12.5. The number of amides is 2. The minimum absolute atomic E-state index is 0.0727. The number of halogens is 2. The highest BCUT2D eigenvalue weighted by Gasteiger charge is 2.07. The number of benzene rings is 2. The molecule has 2 aromatic rings. The van der Waals surface area contributed by atoms with Gasteiger partial charge in [0.05, 0.1) is 17.3 Å². The molecule has 2 rings (SSSR count). The zero-order valence-electron chi connectivity index (χ0n) is 14.7. The number of hydrogen-bond acceptors (Lipinski definition) is 3. The monoisotopic (exact) mass is 393 g/mol. The van der Waals surface area contributed by atoms with Gasteiger partial charge in [-0.15, -0.1) is 0 Å². The van der Waals surface area contributed by atoms with Crippen LogP contribution < -0.4 is 10.6 Å². The molecule has 138 valence electrons. The molecule has 0 heterocycles. The first-order chi connectivity index (χ1) is 12.3. The Bertz CT molecular complexity index is 794. The Labute approximate surface area is 163 Å². The van der Waals surface area contributed by atoms with Gasteiger partial charge in [-0.05, 0) is 42.3 Å². The largest absolute Gasteiger partial charge is 0.375 e. The van der Waals surface area contributed by atoms with Gasteiger partial charge in [-0.2, -0.15) is 0 Å². The lowest BCUT2D eigenvalue weighted by atomic mass is 10.1. The quantitative estimate of drug-likeness (QED) is 0.745. The Morgan fingerprint density at radius 2 is 1.85 bits per heavy atom. The molecular weight excluding hydrogens is 373 g/mol. The van der Waals surface area contributed by atoms with Crippen LogP contribution in [0.25, 0.3) is 0 Å². The molecule has 0 atom stereocenters. The Morgan fingerprint density at radius 1 is 1.08 bits per heavy atom. The fourth-order valence-corrected chi connectivity index (χ4v) is 2.77. The fourth-order valence-electron chi connectivity index (χ4n) is 2.29. The molecule has 0 saturated carbocycles. The van der Waals surface area contributed by atoms with E-state index in [1.165, 1.54) is 0 Å². The molecule has 0 aliphatic rings. The molecule has 0 fully saturated rings. The number of nitrogens with zero attached hydrogens (tertiary/aromatic N) is 1. The molecule has 0 bridgehead atoms. The van der Waals surface area contributed by atoms with E-state index in [9.17, 15) is 9.59 Å². The fraction of sp³-hybridized carbons (Fsp3) is 0.263. The SMILES string of the molecule is CN(C)C(=O)CCc1cccc(NC(=O)CNc2ccc(Cl)cc2Cl)c1. The third-order valence-corrected chi connectivity index (χ3v) is 4.26. The molecule has 2 amide bonds.